The maximum absolute atomic E-state index is 12.8. The van der Waals surface area contributed by atoms with E-state index in [2.05, 4.69) is 25.0 Å². The van der Waals surface area contributed by atoms with Gasteiger partial charge in [0.15, 0.2) is 23.0 Å². The highest BCUT2D eigenvalue weighted by Crippen LogP contribution is 2.37. The standard InChI is InChI=1S/C22H23F2N5O4.2ClH/c1-12(25)19-18(20(30)28-10-17-26-7-2-8-27-17)29-21(33-19)14-5-6-15(32-22(23)24)16(9-14)31-11-13-3-4-13;;/h2,5-9,12-13,22H,3-4,10-11,25H2,1H3,(H,28,30);2*1H. The number of hydrogen-bond donors (Lipinski definition) is 2. The second-order valence-electron chi connectivity index (χ2n) is 7.66. The van der Waals surface area contributed by atoms with Crippen molar-refractivity contribution in [2.75, 3.05) is 6.61 Å². The van der Waals surface area contributed by atoms with Crippen LogP contribution in [-0.4, -0.2) is 34.1 Å². The molecule has 13 heteroatoms. The number of benzene rings is 1. The number of nitrogens with zero attached hydrogens (tertiary/aromatic N) is 3. The van der Waals surface area contributed by atoms with Crippen LogP contribution in [-0.2, 0) is 6.54 Å². The van der Waals surface area contributed by atoms with Crippen molar-refractivity contribution in [1.82, 2.24) is 20.3 Å². The smallest absolute Gasteiger partial charge is 0.387 e. The summed E-state index contributed by atoms with van der Waals surface area (Å²) in [5.41, 5.74) is 6.42. The zero-order chi connectivity index (χ0) is 23.4. The number of ether oxygens (including phenoxy) is 2. The van der Waals surface area contributed by atoms with Gasteiger partial charge in [-0.15, -0.1) is 24.8 Å². The summed E-state index contributed by atoms with van der Waals surface area (Å²) in [6.45, 7) is -0.839. The zero-order valence-corrected chi connectivity index (χ0v) is 20.3. The fraction of sp³-hybridized carbons (Fsp3) is 0.364. The van der Waals surface area contributed by atoms with Crippen molar-refractivity contribution in [2.45, 2.75) is 39.0 Å². The number of alkyl halides is 2. The molecule has 1 saturated carbocycles. The van der Waals surface area contributed by atoms with E-state index in [0.717, 1.165) is 12.8 Å². The zero-order valence-electron chi connectivity index (χ0n) is 18.6. The summed E-state index contributed by atoms with van der Waals surface area (Å²) in [6.07, 6.45) is 5.21. The quantitative estimate of drug-likeness (QED) is 0.396. The van der Waals surface area contributed by atoms with Gasteiger partial charge in [0, 0.05) is 18.0 Å². The predicted molar refractivity (Wildman–Crippen MR) is 127 cm³/mol. The molecule has 1 fully saturated rings. The molecule has 0 radical (unpaired) electrons. The molecule has 4 rings (SSSR count). The summed E-state index contributed by atoms with van der Waals surface area (Å²) in [5.74, 6) is 0.676. The molecule has 0 spiro atoms. The molecule has 1 amide bonds. The number of carbonyl (C=O) groups excluding carboxylic acids is 1. The Morgan fingerprint density at radius 2 is 1.94 bits per heavy atom. The summed E-state index contributed by atoms with van der Waals surface area (Å²) in [7, 11) is 0. The van der Waals surface area contributed by atoms with Gasteiger partial charge in [-0.3, -0.25) is 4.79 Å². The molecular formula is C22H25Cl2F2N5O4. The first-order valence-electron chi connectivity index (χ1n) is 10.4. The van der Waals surface area contributed by atoms with E-state index in [9.17, 15) is 13.6 Å². The summed E-state index contributed by atoms with van der Waals surface area (Å²) < 4.78 is 41.6. The van der Waals surface area contributed by atoms with Gasteiger partial charge in [0.05, 0.1) is 19.2 Å². The molecule has 1 unspecified atom stereocenters. The molecule has 1 aromatic carbocycles. The molecule has 35 heavy (non-hydrogen) atoms. The van der Waals surface area contributed by atoms with E-state index in [1.807, 2.05) is 0 Å². The van der Waals surface area contributed by atoms with Crippen LogP contribution in [0.5, 0.6) is 11.5 Å². The van der Waals surface area contributed by atoms with Gasteiger partial charge in [-0.2, -0.15) is 8.78 Å². The van der Waals surface area contributed by atoms with Crippen LogP contribution in [0.1, 0.15) is 47.9 Å². The largest absolute Gasteiger partial charge is 0.489 e. The van der Waals surface area contributed by atoms with E-state index >= 15 is 0 Å². The second-order valence-corrected chi connectivity index (χ2v) is 7.66. The first-order chi connectivity index (χ1) is 15.9. The number of amides is 1. The number of aromatic nitrogens is 3. The minimum atomic E-state index is -2.99. The lowest BCUT2D eigenvalue weighted by Crippen LogP contribution is -2.26. The van der Waals surface area contributed by atoms with Gasteiger partial charge < -0.3 is 24.9 Å². The monoisotopic (exact) mass is 531 g/mol. The molecule has 9 nitrogen and oxygen atoms in total. The third-order valence-electron chi connectivity index (χ3n) is 4.89. The molecule has 1 aliphatic carbocycles. The average Bonchev–Trinajstić information content (AvgIpc) is 3.52. The highest BCUT2D eigenvalue weighted by molar-refractivity contribution is 5.93. The van der Waals surface area contributed by atoms with Crippen molar-refractivity contribution in [3.05, 3.63) is 53.9 Å². The van der Waals surface area contributed by atoms with Crippen LogP contribution in [0, 0.1) is 5.92 Å². The summed E-state index contributed by atoms with van der Waals surface area (Å²) in [4.78, 5) is 25.2. The van der Waals surface area contributed by atoms with Crippen molar-refractivity contribution in [3.8, 4) is 23.0 Å². The molecule has 2 heterocycles. The maximum Gasteiger partial charge on any atom is 0.387 e. The molecule has 2 aromatic heterocycles. The number of nitrogens with one attached hydrogen (secondary N) is 1. The van der Waals surface area contributed by atoms with E-state index < -0.39 is 18.6 Å². The Balaban J connectivity index is 0.00000216. The first kappa shape index (κ1) is 28.2. The molecule has 1 aliphatic rings. The Kier molecular flexibility index (Phi) is 10.2. The van der Waals surface area contributed by atoms with E-state index in [0.29, 0.717) is 23.9 Å². The van der Waals surface area contributed by atoms with Gasteiger partial charge in [0.1, 0.15) is 5.82 Å². The Labute approximate surface area is 212 Å². The first-order valence-corrected chi connectivity index (χ1v) is 10.4. The van der Waals surface area contributed by atoms with E-state index in [1.165, 1.54) is 18.2 Å². The minimum absolute atomic E-state index is 0. The number of halogens is 4. The topological polar surface area (TPSA) is 125 Å². The van der Waals surface area contributed by atoms with Crippen molar-refractivity contribution in [2.24, 2.45) is 11.7 Å². The fourth-order valence-corrected chi connectivity index (χ4v) is 3.03. The van der Waals surface area contributed by atoms with Crippen molar-refractivity contribution in [1.29, 1.82) is 0 Å². The van der Waals surface area contributed by atoms with Gasteiger partial charge >= 0.3 is 6.61 Å². The molecular weight excluding hydrogens is 507 g/mol. The Bertz CT molecular complexity index is 1110. The van der Waals surface area contributed by atoms with Gasteiger partial charge in [0.2, 0.25) is 5.89 Å². The summed E-state index contributed by atoms with van der Waals surface area (Å²) in [6, 6.07) is 5.40. The van der Waals surface area contributed by atoms with Crippen LogP contribution in [0.3, 0.4) is 0 Å². The van der Waals surface area contributed by atoms with E-state index in [1.54, 1.807) is 25.4 Å². The van der Waals surface area contributed by atoms with Crippen molar-refractivity contribution >= 4 is 30.7 Å². The lowest BCUT2D eigenvalue weighted by Gasteiger charge is -2.12. The highest BCUT2D eigenvalue weighted by Gasteiger charge is 2.26. The number of rotatable bonds is 10. The molecule has 3 N–H and O–H groups in total. The van der Waals surface area contributed by atoms with Crippen LogP contribution in [0.25, 0.3) is 11.5 Å². The molecule has 0 bridgehead atoms. The van der Waals surface area contributed by atoms with Crippen LogP contribution < -0.4 is 20.5 Å². The van der Waals surface area contributed by atoms with E-state index in [4.69, 9.17) is 14.9 Å². The number of oxazole rings is 1. The van der Waals surface area contributed by atoms with Gasteiger partial charge in [-0.1, -0.05) is 0 Å². The van der Waals surface area contributed by atoms with Crippen LogP contribution >= 0.6 is 24.8 Å². The Morgan fingerprint density at radius 1 is 1.23 bits per heavy atom. The highest BCUT2D eigenvalue weighted by atomic mass is 35.5. The van der Waals surface area contributed by atoms with Gasteiger partial charge in [-0.05, 0) is 49.9 Å². The van der Waals surface area contributed by atoms with Crippen LogP contribution in [0.2, 0.25) is 0 Å². The molecule has 0 aliphatic heterocycles. The lowest BCUT2D eigenvalue weighted by molar-refractivity contribution is -0.0515. The molecule has 190 valence electrons. The number of nitrogens with two attached hydrogens (primary N) is 1. The Morgan fingerprint density at radius 3 is 2.57 bits per heavy atom. The van der Waals surface area contributed by atoms with Gasteiger partial charge in [-0.25, -0.2) is 15.0 Å². The maximum atomic E-state index is 12.8. The number of hydrogen-bond acceptors (Lipinski definition) is 8. The van der Waals surface area contributed by atoms with E-state index in [-0.39, 0.29) is 60.2 Å². The van der Waals surface area contributed by atoms with Crippen LogP contribution in [0.15, 0.2) is 41.1 Å². The molecule has 1 atom stereocenters. The lowest BCUT2D eigenvalue weighted by atomic mass is 10.2. The van der Waals surface area contributed by atoms with Gasteiger partial charge in [0.25, 0.3) is 5.91 Å². The molecule has 3 aromatic rings. The van der Waals surface area contributed by atoms with Crippen LogP contribution in [0.4, 0.5) is 8.78 Å². The summed E-state index contributed by atoms with van der Waals surface area (Å²) in [5, 5.41) is 2.69. The van der Waals surface area contributed by atoms with Crippen molar-refractivity contribution in [3.63, 3.8) is 0 Å². The SMILES string of the molecule is CC(N)c1oc(-c2ccc(OC(F)F)c(OCC3CC3)c2)nc1C(=O)NCc1ncccn1.Cl.Cl. The average molecular weight is 532 g/mol. The minimum Gasteiger partial charge on any atom is -0.489 e. The third kappa shape index (κ3) is 7.48. The predicted octanol–water partition coefficient (Wildman–Crippen LogP) is 4.32. The third-order valence-corrected chi connectivity index (χ3v) is 4.89. The van der Waals surface area contributed by atoms with Crippen molar-refractivity contribution < 1.29 is 27.5 Å². The fourth-order valence-electron chi connectivity index (χ4n) is 3.03. The normalized spacial score (nSPS) is 13.4. The summed E-state index contributed by atoms with van der Waals surface area (Å²) >= 11 is 0. The number of carbonyl (C=O) groups is 1. The second kappa shape index (κ2) is 12.6. The Hall–Kier alpha value is -3.02. The molecule has 0 saturated heterocycles.